The van der Waals surface area contributed by atoms with Gasteiger partial charge in [0.15, 0.2) is 5.75 Å². The summed E-state index contributed by atoms with van der Waals surface area (Å²) in [6, 6.07) is 6.94. The van der Waals surface area contributed by atoms with Gasteiger partial charge in [0, 0.05) is 13.1 Å². The first-order valence-electron chi connectivity index (χ1n) is 8.32. The summed E-state index contributed by atoms with van der Waals surface area (Å²) in [5, 5.41) is 16.3. The summed E-state index contributed by atoms with van der Waals surface area (Å²) in [7, 11) is 1.79. The molecular formula is C18H19N3O4. The molecular weight excluding hydrogens is 322 g/mol. The first-order chi connectivity index (χ1) is 12.0. The number of amides is 1. The van der Waals surface area contributed by atoms with Gasteiger partial charge in [-0.05, 0) is 36.8 Å². The van der Waals surface area contributed by atoms with E-state index in [9.17, 15) is 14.7 Å². The molecule has 0 bridgehead atoms. The van der Waals surface area contributed by atoms with Crippen molar-refractivity contribution in [2.45, 2.75) is 18.9 Å². The van der Waals surface area contributed by atoms with Gasteiger partial charge >= 0.3 is 5.97 Å². The number of hydrogen-bond donors (Lipinski definition) is 2. The van der Waals surface area contributed by atoms with Gasteiger partial charge in [-0.1, -0.05) is 12.1 Å². The van der Waals surface area contributed by atoms with Crippen LogP contribution in [0.2, 0.25) is 0 Å². The number of para-hydroxylation sites is 1. The first kappa shape index (κ1) is 15.7. The van der Waals surface area contributed by atoms with Crippen molar-refractivity contribution in [2.75, 3.05) is 0 Å². The summed E-state index contributed by atoms with van der Waals surface area (Å²) in [6.45, 7) is 0. The van der Waals surface area contributed by atoms with E-state index in [2.05, 4.69) is 10.4 Å². The van der Waals surface area contributed by atoms with Gasteiger partial charge in [0.05, 0.1) is 23.9 Å². The normalized spacial score (nSPS) is 26.8. The van der Waals surface area contributed by atoms with Crippen LogP contribution >= 0.6 is 0 Å². The van der Waals surface area contributed by atoms with Crippen LogP contribution in [0.4, 0.5) is 0 Å². The summed E-state index contributed by atoms with van der Waals surface area (Å²) in [5.41, 5.74) is 0.433. The third kappa shape index (κ3) is 2.97. The highest BCUT2D eigenvalue weighted by molar-refractivity contribution is 5.97. The molecule has 1 aromatic carbocycles. The van der Waals surface area contributed by atoms with Crippen molar-refractivity contribution in [3.8, 4) is 11.5 Å². The van der Waals surface area contributed by atoms with E-state index < -0.39 is 5.97 Å². The number of aromatic nitrogens is 2. The maximum Gasteiger partial charge on any atom is 0.306 e. The lowest BCUT2D eigenvalue weighted by molar-refractivity contribution is -0.142. The quantitative estimate of drug-likeness (QED) is 0.868. The Labute approximate surface area is 144 Å². The third-order valence-electron chi connectivity index (χ3n) is 5.11. The van der Waals surface area contributed by atoms with Crippen LogP contribution in [0.1, 0.15) is 23.2 Å². The molecule has 2 aromatic rings. The molecule has 1 heterocycles. The lowest BCUT2D eigenvalue weighted by Gasteiger charge is -2.17. The van der Waals surface area contributed by atoms with Crippen molar-refractivity contribution in [1.29, 1.82) is 0 Å². The Bertz CT molecular complexity index is 831. The van der Waals surface area contributed by atoms with Crippen LogP contribution in [0.3, 0.4) is 0 Å². The number of nitrogens with zero attached hydrogens (tertiary/aromatic N) is 2. The molecule has 2 aliphatic carbocycles. The molecule has 0 radical (unpaired) electrons. The van der Waals surface area contributed by atoms with Gasteiger partial charge in [-0.25, -0.2) is 0 Å². The van der Waals surface area contributed by atoms with Crippen LogP contribution in [0, 0.1) is 17.8 Å². The standard InChI is InChI=1S/C18H19N3O4/c1-21-9-10(8-19-21)25-16-5-3-2-4-11(16)17(22)20-15-7-14(18(23)24)12-6-13(12)15/h2-5,8-9,12-15H,6-7H2,1H3,(H,20,22)(H,23,24)/t12-,13+,14-,15+/m0/s1. The summed E-state index contributed by atoms with van der Waals surface area (Å²) >= 11 is 0. The second-order valence-corrected chi connectivity index (χ2v) is 6.77. The fraction of sp³-hybridized carbons (Fsp3) is 0.389. The molecule has 2 N–H and O–H groups in total. The molecule has 0 aliphatic heterocycles. The van der Waals surface area contributed by atoms with Gasteiger partial charge in [-0.15, -0.1) is 0 Å². The molecule has 7 heteroatoms. The van der Waals surface area contributed by atoms with Crippen LogP contribution in [0.15, 0.2) is 36.7 Å². The van der Waals surface area contributed by atoms with Crippen molar-refractivity contribution in [1.82, 2.24) is 15.1 Å². The molecule has 0 spiro atoms. The van der Waals surface area contributed by atoms with Crippen molar-refractivity contribution in [3.63, 3.8) is 0 Å². The lowest BCUT2D eigenvalue weighted by atomic mass is 10.0. The smallest absolute Gasteiger partial charge is 0.306 e. The third-order valence-corrected chi connectivity index (χ3v) is 5.11. The molecule has 25 heavy (non-hydrogen) atoms. The van der Waals surface area contributed by atoms with Gasteiger partial charge in [-0.3, -0.25) is 14.3 Å². The van der Waals surface area contributed by atoms with E-state index in [4.69, 9.17) is 4.74 Å². The summed E-state index contributed by atoms with van der Waals surface area (Å²) in [6.07, 6.45) is 4.69. The van der Waals surface area contributed by atoms with E-state index >= 15 is 0 Å². The summed E-state index contributed by atoms with van der Waals surface area (Å²) in [4.78, 5) is 24.0. The van der Waals surface area contributed by atoms with E-state index in [-0.39, 0.29) is 29.7 Å². The number of carbonyl (C=O) groups is 2. The molecule has 4 atom stereocenters. The molecule has 2 fully saturated rings. The zero-order chi connectivity index (χ0) is 17.6. The van der Waals surface area contributed by atoms with E-state index in [1.807, 2.05) is 0 Å². The van der Waals surface area contributed by atoms with Crippen molar-refractivity contribution in [2.24, 2.45) is 24.8 Å². The molecule has 0 saturated heterocycles. The topological polar surface area (TPSA) is 93.5 Å². The second kappa shape index (κ2) is 5.91. The van der Waals surface area contributed by atoms with Gasteiger partial charge in [0.2, 0.25) is 0 Å². The minimum absolute atomic E-state index is 0.0787. The monoisotopic (exact) mass is 341 g/mol. The number of ether oxygens (including phenoxy) is 1. The fourth-order valence-electron chi connectivity index (χ4n) is 3.80. The maximum absolute atomic E-state index is 12.7. The van der Waals surface area contributed by atoms with E-state index in [0.717, 1.165) is 6.42 Å². The number of aliphatic carboxylic acids is 1. The number of benzene rings is 1. The van der Waals surface area contributed by atoms with E-state index in [1.165, 1.54) is 0 Å². The Morgan fingerprint density at radius 1 is 1.28 bits per heavy atom. The highest BCUT2D eigenvalue weighted by atomic mass is 16.5. The fourth-order valence-corrected chi connectivity index (χ4v) is 3.80. The molecule has 1 amide bonds. The number of carboxylic acid groups (broad SMARTS) is 1. The Morgan fingerprint density at radius 3 is 2.76 bits per heavy atom. The van der Waals surface area contributed by atoms with Crippen molar-refractivity contribution < 1.29 is 19.4 Å². The van der Waals surface area contributed by atoms with E-state index in [1.54, 1.807) is 48.4 Å². The molecule has 0 unspecified atom stereocenters. The minimum Gasteiger partial charge on any atom is -0.481 e. The Balaban J connectivity index is 1.48. The molecule has 7 nitrogen and oxygen atoms in total. The highest BCUT2D eigenvalue weighted by Crippen LogP contribution is 2.55. The number of hydrogen-bond acceptors (Lipinski definition) is 4. The lowest BCUT2D eigenvalue weighted by Crippen LogP contribution is -2.36. The zero-order valence-corrected chi connectivity index (χ0v) is 13.8. The minimum atomic E-state index is -0.760. The van der Waals surface area contributed by atoms with Gasteiger partial charge < -0.3 is 15.2 Å². The molecule has 1 aromatic heterocycles. The number of aryl methyl sites for hydroxylation is 1. The number of fused-ring (bicyclic) bond motifs is 1. The van der Waals surface area contributed by atoms with Crippen LogP contribution in [0.25, 0.3) is 0 Å². The molecule has 130 valence electrons. The zero-order valence-electron chi connectivity index (χ0n) is 13.8. The predicted molar refractivity (Wildman–Crippen MR) is 88.3 cm³/mol. The van der Waals surface area contributed by atoms with Crippen molar-refractivity contribution >= 4 is 11.9 Å². The average Bonchev–Trinajstić information content (AvgIpc) is 3.14. The SMILES string of the molecule is Cn1cc(Oc2ccccc2C(=O)N[C@@H]2C[C@H](C(=O)O)[C@H]3C[C@H]32)cn1. The van der Waals surface area contributed by atoms with E-state index in [0.29, 0.717) is 23.5 Å². The summed E-state index contributed by atoms with van der Waals surface area (Å²) < 4.78 is 7.40. The van der Waals surface area contributed by atoms with Crippen LogP contribution < -0.4 is 10.1 Å². The second-order valence-electron chi connectivity index (χ2n) is 6.77. The van der Waals surface area contributed by atoms with Gasteiger partial charge in [0.25, 0.3) is 5.91 Å². The Morgan fingerprint density at radius 2 is 2.08 bits per heavy atom. The number of rotatable bonds is 5. The van der Waals surface area contributed by atoms with Gasteiger partial charge in [0.1, 0.15) is 5.75 Å². The molecule has 4 rings (SSSR count). The van der Waals surface area contributed by atoms with Crippen LogP contribution in [0.5, 0.6) is 11.5 Å². The number of nitrogens with one attached hydrogen (secondary N) is 1. The van der Waals surface area contributed by atoms with Gasteiger partial charge in [-0.2, -0.15) is 5.10 Å². The van der Waals surface area contributed by atoms with Crippen molar-refractivity contribution in [3.05, 3.63) is 42.2 Å². The highest BCUT2D eigenvalue weighted by Gasteiger charge is 2.57. The largest absolute Gasteiger partial charge is 0.481 e. The summed E-state index contributed by atoms with van der Waals surface area (Å²) in [5.74, 6) is 0.175. The first-order valence-corrected chi connectivity index (χ1v) is 8.32. The Kier molecular flexibility index (Phi) is 3.71. The number of carboxylic acids is 1. The molecule has 2 saturated carbocycles. The number of carbonyl (C=O) groups excluding carboxylic acids is 1. The molecule has 2 aliphatic rings. The predicted octanol–water partition coefficient (Wildman–Crippen LogP) is 2.05. The maximum atomic E-state index is 12.7. The van der Waals surface area contributed by atoms with Crippen LogP contribution in [-0.4, -0.2) is 32.8 Å². The average molecular weight is 341 g/mol. The van der Waals surface area contributed by atoms with Crippen LogP contribution in [-0.2, 0) is 11.8 Å². The Hall–Kier alpha value is -2.83.